The molecule has 0 unspecified atom stereocenters. The Kier molecular flexibility index (Phi) is 9.66. The first kappa shape index (κ1) is 23.9. The maximum atomic E-state index is 13.3. The molecule has 1 fully saturated rings. The molecule has 0 aliphatic carbocycles. The van der Waals surface area contributed by atoms with Crippen LogP contribution >= 0.6 is 0 Å². The van der Waals surface area contributed by atoms with Crippen molar-refractivity contribution in [3.63, 3.8) is 0 Å². The van der Waals surface area contributed by atoms with Crippen molar-refractivity contribution in [1.29, 1.82) is 0 Å². The summed E-state index contributed by atoms with van der Waals surface area (Å²) in [4.78, 5) is 39.0. The Balaban J connectivity index is 2.33. The number of carbonyl (C=O) groups is 3. The van der Waals surface area contributed by atoms with Crippen LogP contribution in [0.5, 0.6) is 0 Å². The summed E-state index contributed by atoms with van der Waals surface area (Å²) in [6.45, 7) is 6.54. The van der Waals surface area contributed by atoms with Crippen molar-refractivity contribution in [2.75, 3.05) is 4.90 Å². The molecule has 1 aromatic carbocycles. The van der Waals surface area contributed by atoms with Gasteiger partial charge in [0.25, 0.3) is 0 Å². The van der Waals surface area contributed by atoms with Gasteiger partial charge in [-0.2, -0.15) is 0 Å². The monoisotopic (exact) mass is 509 g/mol. The first-order chi connectivity index (χ1) is 14.0. The number of anilines is 1. The van der Waals surface area contributed by atoms with E-state index in [1.54, 1.807) is 24.3 Å². The van der Waals surface area contributed by atoms with Crippen molar-refractivity contribution in [3.05, 3.63) is 29.8 Å². The molecule has 0 radical (unpaired) electrons. The zero-order valence-electron chi connectivity index (χ0n) is 18.2. The Morgan fingerprint density at radius 2 is 1.38 bits per heavy atom. The van der Waals surface area contributed by atoms with Gasteiger partial charge in [0.2, 0.25) is 0 Å². The summed E-state index contributed by atoms with van der Waals surface area (Å²) in [5.41, 5.74) is 0.730. The molecule has 160 valence electrons. The van der Waals surface area contributed by atoms with Gasteiger partial charge in [-0.15, -0.1) is 0 Å². The molecule has 0 bridgehead atoms. The SMILES string of the molecule is CCC[CH2][Sn]([CH2]CCC)([CH2]CCC)[O]C(=O)c1ccccc1N1C(=O)CCC1=O. The molecule has 6 heteroatoms. The fourth-order valence-electron chi connectivity index (χ4n) is 3.96. The number of benzene rings is 1. The van der Waals surface area contributed by atoms with E-state index >= 15 is 0 Å². The minimum atomic E-state index is -3.14. The molecule has 1 aliphatic heterocycles. The summed E-state index contributed by atoms with van der Waals surface area (Å²) < 4.78 is 9.59. The fraction of sp³-hybridized carbons (Fsp3) is 0.609. The van der Waals surface area contributed by atoms with Crippen LogP contribution in [0.25, 0.3) is 0 Å². The fourth-order valence-corrected chi connectivity index (χ4v) is 17.0. The molecule has 0 saturated carbocycles. The number of amides is 2. The third-order valence-electron chi connectivity index (χ3n) is 5.68. The molecular formula is C23H35NO4Sn. The number of rotatable bonds is 12. The van der Waals surface area contributed by atoms with Gasteiger partial charge in [-0.05, 0) is 0 Å². The molecule has 0 atom stereocenters. The Morgan fingerprint density at radius 3 is 1.86 bits per heavy atom. The van der Waals surface area contributed by atoms with Crippen molar-refractivity contribution in [3.8, 4) is 0 Å². The standard InChI is InChI=1S/C11H9NO4.3C4H9.Sn/c13-9-5-6-10(14)12(9)8-4-2-1-3-7(8)11(15)16;3*1-3-4-2;/h1-4H,5-6H2,(H,15,16);3*1,3-4H2,2H3;/q;;;;+1/p-1. The Hall–Kier alpha value is -1.37. The number of hydrogen-bond donors (Lipinski definition) is 0. The average molecular weight is 508 g/mol. The van der Waals surface area contributed by atoms with Crippen LogP contribution in [0, 0.1) is 0 Å². The second kappa shape index (κ2) is 11.7. The summed E-state index contributed by atoms with van der Waals surface area (Å²) in [6.07, 6.45) is 7.00. The summed E-state index contributed by atoms with van der Waals surface area (Å²) in [5, 5.41) is 0. The van der Waals surface area contributed by atoms with Crippen LogP contribution in [0.2, 0.25) is 13.3 Å². The number of hydrogen-bond acceptors (Lipinski definition) is 4. The molecule has 1 heterocycles. The molecule has 1 aliphatic rings. The van der Waals surface area contributed by atoms with E-state index in [0.29, 0.717) is 11.3 Å². The van der Waals surface area contributed by atoms with Crippen molar-refractivity contribution in [2.24, 2.45) is 0 Å². The number of carbonyl (C=O) groups excluding carboxylic acids is 3. The Labute approximate surface area is 179 Å². The van der Waals surface area contributed by atoms with Gasteiger partial charge in [-0.3, -0.25) is 0 Å². The van der Waals surface area contributed by atoms with Crippen LogP contribution < -0.4 is 4.90 Å². The predicted molar refractivity (Wildman–Crippen MR) is 118 cm³/mol. The van der Waals surface area contributed by atoms with Crippen molar-refractivity contribution < 1.29 is 17.5 Å². The van der Waals surface area contributed by atoms with E-state index in [1.165, 1.54) is 0 Å². The van der Waals surface area contributed by atoms with E-state index in [4.69, 9.17) is 3.07 Å². The van der Waals surface area contributed by atoms with E-state index in [1.807, 2.05) is 0 Å². The summed E-state index contributed by atoms with van der Waals surface area (Å²) in [6, 6.07) is 6.89. The molecular weight excluding hydrogens is 473 g/mol. The average Bonchev–Trinajstić information content (AvgIpc) is 3.06. The summed E-state index contributed by atoms with van der Waals surface area (Å²) in [7, 11) is 0. The van der Waals surface area contributed by atoms with Crippen molar-refractivity contribution >= 4 is 42.3 Å². The quantitative estimate of drug-likeness (QED) is 0.263. The molecule has 29 heavy (non-hydrogen) atoms. The van der Waals surface area contributed by atoms with Crippen LogP contribution in [-0.4, -0.2) is 36.6 Å². The van der Waals surface area contributed by atoms with Gasteiger partial charge in [0.15, 0.2) is 0 Å². The minimum absolute atomic E-state index is 0.203. The molecule has 1 aromatic rings. The molecule has 0 spiro atoms. The van der Waals surface area contributed by atoms with E-state index < -0.39 is 18.8 Å². The van der Waals surface area contributed by atoms with E-state index in [-0.39, 0.29) is 30.6 Å². The number of para-hydroxylation sites is 1. The molecule has 5 nitrogen and oxygen atoms in total. The zero-order chi connectivity index (χ0) is 21.3. The second-order valence-corrected chi connectivity index (χ2v) is 19.6. The van der Waals surface area contributed by atoms with Gasteiger partial charge < -0.3 is 0 Å². The van der Waals surface area contributed by atoms with Gasteiger partial charge in [0, 0.05) is 0 Å². The molecule has 0 N–H and O–H groups in total. The van der Waals surface area contributed by atoms with E-state index in [9.17, 15) is 14.4 Å². The second-order valence-electron chi connectivity index (χ2n) is 8.02. The topological polar surface area (TPSA) is 63.7 Å². The van der Waals surface area contributed by atoms with E-state index in [2.05, 4.69) is 20.8 Å². The Bertz CT molecular complexity index is 681. The van der Waals surface area contributed by atoms with E-state index in [0.717, 1.165) is 56.7 Å². The van der Waals surface area contributed by atoms with Crippen LogP contribution in [-0.2, 0) is 12.7 Å². The van der Waals surface area contributed by atoms with Gasteiger partial charge >= 0.3 is 180 Å². The first-order valence-corrected chi connectivity index (χ1v) is 18.4. The summed E-state index contributed by atoms with van der Waals surface area (Å²) >= 11 is -3.14. The number of nitrogens with zero attached hydrogens (tertiary/aromatic N) is 1. The van der Waals surface area contributed by atoms with Gasteiger partial charge in [-0.25, -0.2) is 0 Å². The van der Waals surface area contributed by atoms with Gasteiger partial charge in [0.1, 0.15) is 0 Å². The number of unbranched alkanes of at least 4 members (excludes halogenated alkanes) is 3. The molecule has 2 rings (SSSR count). The molecule has 0 aromatic heterocycles. The third kappa shape index (κ3) is 6.30. The molecule has 2 amide bonds. The number of imide groups is 1. The maximum absolute atomic E-state index is 13.3. The van der Waals surface area contributed by atoms with Crippen LogP contribution in [0.15, 0.2) is 24.3 Å². The van der Waals surface area contributed by atoms with Crippen molar-refractivity contribution in [2.45, 2.75) is 85.4 Å². The van der Waals surface area contributed by atoms with Gasteiger partial charge in [0.05, 0.1) is 0 Å². The van der Waals surface area contributed by atoms with Crippen LogP contribution in [0.4, 0.5) is 5.69 Å². The predicted octanol–water partition coefficient (Wildman–Crippen LogP) is 5.84. The third-order valence-corrected chi connectivity index (χ3v) is 18.3. The van der Waals surface area contributed by atoms with Crippen LogP contribution in [0.1, 0.15) is 82.5 Å². The zero-order valence-corrected chi connectivity index (χ0v) is 21.0. The first-order valence-electron chi connectivity index (χ1n) is 11.2. The van der Waals surface area contributed by atoms with Crippen molar-refractivity contribution in [1.82, 2.24) is 0 Å². The van der Waals surface area contributed by atoms with Gasteiger partial charge in [-0.1, -0.05) is 0 Å². The Morgan fingerprint density at radius 1 is 0.897 bits per heavy atom. The normalized spacial score (nSPS) is 14.5. The molecule has 1 saturated heterocycles. The summed E-state index contributed by atoms with van der Waals surface area (Å²) in [5.74, 6) is -0.826. The van der Waals surface area contributed by atoms with Crippen LogP contribution in [0.3, 0.4) is 0 Å².